The van der Waals surface area contributed by atoms with Crippen LogP contribution in [0.1, 0.15) is 40.0 Å². The van der Waals surface area contributed by atoms with E-state index in [2.05, 4.69) is 81.4 Å². The normalized spacial score (nSPS) is 27.6. The fraction of sp³-hybridized carbons (Fsp3) is 0.481. The van der Waals surface area contributed by atoms with Crippen LogP contribution in [0.5, 0.6) is 0 Å². The molecule has 0 aliphatic heterocycles. The van der Waals surface area contributed by atoms with Crippen molar-refractivity contribution in [2.75, 3.05) is 13.2 Å². The highest BCUT2D eigenvalue weighted by Gasteiger charge is 2.52. The lowest BCUT2D eigenvalue weighted by Gasteiger charge is -2.44. The number of rotatable bonds is 6. The van der Waals surface area contributed by atoms with Gasteiger partial charge in [-0.1, -0.05) is 93.1 Å². The zero-order chi connectivity index (χ0) is 22.1. The SMILES string of the molecule is CC(C)(C)[Si](OC[C@H]1[C@H]2C/C(=C\CO)C[C@H]2C[C@H]1O)(c1ccccc1)c1ccccc1. The number of hydrogen-bond acceptors (Lipinski definition) is 3. The molecule has 2 aromatic carbocycles. The minimum absolute atomic E-state index is 0.0592. The first-order valence-corrected chi connectivity index (χ1v) is 13.5. The smallest absolute Gasteiger partial charge is 0.261 e. The van der Waals surface area contributed by atoms with Gasteiger partial charge in [0, 0.05) is 12.5 Å². The first-order valence-electron chi connectivity index (χ1n) is 11.6. The van der Waals surface area contributed by atoms with Gasteiger partial charge in [0.05, 0.1) is 12.7 Å². The Kier molecular flexibility index (Phi) is 6.54. The van der Waals surface area contributed by atoms with Crippen molar-refractivity contribution >= 4 is 18.7 Å². The zero-order valence-electron chi connectivity index (χ0n) is 19.0. The molecule has 0 bridgehead atoms. The monoisotopic (exact) mass is 436 g/mol. The highest BCUT2D eigenvalue weighted by molar-refractivity contribution is 6.99. The minimum Gasteiger partial charge on any atom is -0.407 e. The number of allylic oxidation sites excluding steroid dienone is 1. The van der Waals surface area contributed by atoms with Crippen molar-refractivity contribution in [1.29, 1.82) is 0 Å². The van der Waals surface area contributed by atoms with Gasteiger partial charge in [-0.3, -0.25) is 0 Å². The molecule has 4 heteroatoms. The molecule has 0 unspecified atom stereocenters. The predicted molar refractivity (Wildman–Crippen MR) is 129 cm³/mol. The lowest BCUT2D eigenvalue weighted by Crippen LogP contribution is -2.67. The van der Waals surface area contributed by atoms with E-state index in [9.17, 15) is 10.2 Å². The Morgan fingerprint density at radius 3 is 2.06 bits per heavy atom. The maximum Gasteiger partial charge on any atom is 0.261 e. The number of aliphatic hydroxyl groups is 2. The van der Waals surface area contributed by atoms with Crippen molar-refractivity contribution in [3.05, 3.63) is 72.3 Å². The molecule has 2 N–H and O–H groups in total. The van der Waals surface area contributed by atoms with Gasteiger partial charge in [0.25, 0.3) is 8.32 Å². The number of hydrogen-bond donors (Lipinski definition) is 2. The Labute approximate surface area is 187 Å². The molecule has 0 spiro atoms. The molecule has 4 atom stereocenters. The second-order valence-corrected chi connectivity index (χ2v) is 14.6. The minimum atomic E-state index is -2.59. The van der Waals surface area contributed by atoms with Crippen LogP contribution in [-0.2, 0) is 4.43 Å². The van der Waals surface area contributed by atoms with E-state index in [0.29, 0.717) is 18.4 Å². The van der Waals surface area contributed by atoms with Crippen molar-refractivity contribution in [2.45, 2.75) is 51.2 Å². The van der Waals surface area contributed by atoms with Gasteiger partial charge in [-0.2, -0.15) is 0 Å². The molecule has 4 rings (SSSR count). The predicted octanol–water partition coefficient (Wildman–Crippen LogP) is 3.89. The van der Waals surface area contributed by atoms with Gasteiger partial charge in [-0.15, -0.1) is 0 Å². The van der Waals surface area contributed by atoms with Crippen LogP contribution in [0.4, 0.5) is 0 Å². The van der Waals surface area contributed by atoms with Crippen LogP contribution in [0, 0.1) is 17.8 Å². The summed E-state index contributed by atoms with van der Waals surface area (Å²) in [6.45, 7) is 7.59. The van der Waals surface area contributed by atoms with Gasteiger partial charge < -0.3 is 14.6 Å². The van der Waals surface area contributed by atoms with Crippen LogP contribution in [0.3, 0.4) is 0 Å². The fourth-order valence-corrected chi connectivity index (χ4v) is 10.7. The van der Waals surface area contributed by atoms with Crippen molar-refractivity contribution in [2.24, 2.45) is 17.8 Å². The zero-order valence-corrected chi connectivity index (χ0v) is 20.0. The van der Waals surface area contributed by atoms with Gasteiger partial charge in [-0.05, 0) is 46.5 Å². The molecule has 2 saturated carbocycles. The molecular weight excluding hydrogens is 400 g/mol. The summed E-state index contributed by atoms with van der Waals surface area (Å²) in [5.74, 6) is 1.11. The largest absolute Gasteiger partial charge is 0.407 e. The molecule has 0 radical (unpaired) electrons. The summed E-state index contributed by atoms with van der Waals surface area (Å²) in [6.07, 6.45) is 4.51. The lowest BCUT2D eigenvalue weighted by molar-refractivity contribution is 0.0774. The van der Waals surface area contributed by atoms with Gasteiger partial charge >= 0.3 is 0 Å². The van der Waals surface area contributed by atoms with Gasteiger partial charge in [0.2, 0.25) is 0 Å². The highest BCUT2D eigenvalue weighted by Crippen LogP contribution is 2.50. The van der Waals surface area contributed by atoms with Gasteiger partial charge in [0.1, 0.15) is 0 Å². The molecule has 2 aliphatic rings. The van der Waals surface area contributed by atoms with E-state index >= 15 is 0 Å². The number of benzene rings is 2. The Bertz CT molecular complexity index is 848. The second kappa shape index (κ2) is 9.03. The third-order valence-corrected chi connectivity index (χ3v) is 12.5. The van der Waals surface area contributed by atoms with Crippen LogP contribution < -0.4 is 10.4 Å². The van der Waals surface area contributed by atoms with E-state index in [1.165, 1.54) is 15.9 Å². The summed E-state index contributed by atoms with van der Waals surface area (Å²) in [4.78, 5) is 0. The standard InChI is InChI=1S/C27H36O3Si/c1-27(2,3)31(22-10-6-4-7-11-22,23-12-8-5-9-13-23)30-19-25-24-17-20(14-15-28)16-21(24)18-26(25)29/h4-14,21,24-26,28-29H,15-19H2,1-3H3/b20-14-/t21-,24-,25-,26+/m0/s1. The lowest BCUT2D eigenvalue weighted by atomic mass is 9.92. The topological polar surface area (TPSA) is 49.7 Å². The quantitative estimate of drug-likeness (QED) is 0.534. The first kappa shape index (κ1) is 22.5. The van der Waals surface area contributed by atoms with Gasteiger partial charge in [-0.25, -0.2) is 0 Å². The van der Waals surface area contributed by atoms with Gasteiger partial charge in [0.15, 0.2) is 0 Å². The maximum absolute atomic E-state index is 10.9. The Hall–Kier alpha value is -1.72. The molecule has 0 aromatic heterocycles. The van der Waals surface area contributed by atoms with Crippen LogP contribution in [0.15, 0.2) is 72.3 Å². The fourth-order valence-electron chi connectivity index (χ4n) is 6.08. The maximum atomic E-state index is 10.9. The van der Waals surface area contributed by atoms with Crippen LogP contribution in [-0.4, -0.2) is 37.8 Å². The molecule has 2 aliphatic carbocycles. The van der Waals surface area contributed by atoms with E-state index in [1.807, 2.05) is 6.08 Å². The van der Waals surface area contributed by atoms with E-state index in [-0.39, 0.29) is 23.7 Å². The van der Waals surface area contributed by atoms with Crippen molar-refractivity contribution in [3.63, 3.8) is 0 Å². The van der Waals surface area contributed by atoms with E-state index in [1.54, 1.807) is 0 Å². The molecule has 0 amide bonds. The van der Waals surface area contributed by atoms with Crippen LogP contribution >= 0.6 is 0 Å². The average molecular weight is 437 g/mol. The summed E-state index contributed by atoms with van der Waals surface area (Å²) >= 11 is 0. The van der Waals surface area contributed by atoms with E-state index in [4.69, 9.17) is 4.43 Å². The van der Waals surface area contributed by atoms with E-state index in [0.717, 1.165) is 19.3 Å². The first-order chi connectivity index (χ1) is 14.9. The van der Waals surface area contributed by atoms with Crippen LogP contribution in [0.2, 0.25) is 5.04 Å². The third-order valence-electron chi connectivity index (χ3n) is 7.51. The summed E-state index contributed by atoms with van der Waals surface area (Å²) in [7, 11) is -2.59. The highest BCUT2D eigenvalue weighted by atomic mass is 28.4. The molecular formula is C27H36O3Si. The Balaban J connectivity index is 1.68. The third kappa shape index (κ3) is 4.19. The Morgan fingerprint density at radius 2 is 1.55 bits per heavy atom. The number of fused-ring (bicyclic) bond motifs is 1. The summed E-state index contributed by atoms with van der Waals surface area (Å²) in [5, 5.41) is 22.7. The van der Waals surface area contributed by atoms with Crippen molar-refractivity contribution in [3.8, 4) is 0 Å². The molecule has 2 aromatic rings. The molecule has 3 nitrogen and oxygen atoms in total. The van der Waals surface area contributed by atoms with Crippen molar-refractivity contribution < 1.29 is 14.6 Å². The van der Waals surface area contributed by atoms with Crippen LogP contribution in [0.25, 0.3) is 0 Å². The summed E-state index contributed by atoms with van der Waals surface area (Å²) < 4.78 is 7.13. The molecule has 0 heterocycles. The molecule has 2 fully saturated rings. The number of aliphatic hydroxyl groups excluding tert-OH is 2. The average Bonchev–Trinajstić information content (AvgIpc) is 3.26. The van der Waals surface area contributed by atoms with E-state index < -0.39 is 8.32 Å². The molecule has 0 saturated heterocycles. The summed E-state index contributed by atoms with van der Waals surface area (Å²) in [6, 6.07) is 21.4. The van der Waals surface area contributed by atoms with Crippen molar-refractivity contribution in [1.82, 2.24) is 0 Å². The molecule has 31 heavy (non-hydrogen) atoms. The Morgan fingerprint density at radius 1 is 0.968 bits per heavy atom. The summed E-state index contributed by atoms with van der Waals surface area (Å²) in [5.41, 5.74) is 1.35. The molecule has 166 valence electrons. The second-order valence-electron chi connectivity index (χ2n) is 10.3.